The van der Waals surface area contributed by atoms with Gasteiger partial charge in [-0.25, -0.2) is 13.2 Å². The maximum absolute atomic E-state index is 11.5. The highest BCUT2D eigenvalue weighted by atomic mass is 32.2. The van der Waals surface area contributed by atoms with Gasteiger partial charge in [-0.15, -0.1) is 0 Å². The second-order valence-corrected chi connectivity index (χ2v) is 7.03. The first-order valence-corrected chi connectivity index (χ1v) is 7.17. The summed E-state index contributed by atoms with van der Waals surface area (Å²) in [7, 11) is -3.39. The number of carbonyl (C=O) groups is 2. The Morgan fingerprint density at radius 3 is 2.12 bits per heavy atom. The van der Waals surface area contributed by atoms with Crippen molar-refractivity contribution < 1.29 is 22.7 Å². The molecule has 1 N–H and O–H groups in total. The number of hydrogen-bond acceptors (Lipinski definition) is 5. The first-order valence-electron chi connectivity index (χ1n) is 5.11. The van der Waals surface area contributed by atoms with Crippen molar-refractivity contribution >= 4 is 21.7 Å². The topological polar surface area (TPSA) is 89.5 Å². The molecule has 7 heteroatoms. The Morgan fingerprint density at radius 2 is 1.76 bits per heavy atom. The summed E-state index contributed by atoms with van der Waals surface area (Å²) in [5, 5.41) is 2.27. The second kappa shape index (κ2) is 5.48. The zero-order valence-electron chi connectivity index (χ0n) is 10.7. The molecule has 0 saturated carbocycles. The van der Waals surface area contributed by atoms with Gasteiger partial charge in [0.25, 0.3) is 0 Å². The molecule has 0 radical (unpaired) electrons. The summed E-state index contributed by atoms with van der Waals surface area (Å²) in [5.41, 5.74) is -0.646. The maximum Gasteiger partial charge on any atom is 0.328 e. The molecule has 0 aromatic carbocycles. The van der Waals surface area contributed by atoms with Crippen LogP contribution in [0.1, 0.15) is 27.7 Å². The van der Waals surface area contributed by atoms with Gasteiger partial charge in [-0.1, -0.05) is 0 Å². The molecule has 0 fully saturated rings. The van der Waals surface area contributed by atoms with Crippen molar-refractivity contribution in [3.8, 4) is 0 Å². The minimum absolute atomic E-state index is 0.598. The Morgan fingerprint density at radius 1 is 1.29 bits per heavy atom. The molecule has 0 aliphatic heterocycles. The van der Waals surface area contributed by atoms with Crippen molar-refractivity contribution in [2.75, 3.05) is 12.0 Å². The summed E-state index contributed by atoms with van der Waals surface area (Å²) in [4.78, 5) is 22.7. The zero-order valence-corrected chi connectivity index (χ0v) is 11.6. The fourth-order valence-corrected chi connectivity index (χ4v) is 1.53. The van der Waals surface area contributed by atoms with Crippen LogP contribution in [-0.2, 0) is 24.2 Å². The third-order valence-electron chi connectivity index (χ3n) is 1.53. The standard InChI is InChI=1S/C10H19NO5S/c1-7(9(13)16-10(2,3)4)11-8(12)6-17(5,14)15/h7H,6H2,1-5H3,(H,11,12)/t7-/m1/s1. The quantitative estimate of drug-likeness (QED) is 0.716. The molecule has 0 rings (SSSR count). The van der Waals surface area contributed by atoms with Gasteiger partial charge in [0.05, 0.1) is 0 Å². The van der Waals surface area contributed by atoms with E-state index in [2.05, 4.69) is 5.32 Å². The van der Waals surface area contributed by atoms with E-state index >= 15 is 0 Å². The lowest BCUT2D eigenvalue weighted by molar-refractivity contribution is -0.157. The summed E-state index contributed by atoms with van der Waals surface area (Å²) >= 11 is 0. The van der Waals surface area contributed by atoms with E-state index in [0.717, 1.165) is 6.26 Å². The lowest BCUT2D eigenvalue weighted by Crippen LogP contribution is -2.44. The number of rotatable bonds is 4. The first-order chi connectivity index (χ1) is 7.41. The number of carbonyl (C=O) groups excluding carboxylic acids is 2. The van der Waals surface area contributed by atoms with Gasteiger partial charge in [-0.05, 0) is 27.7 Å². The average molecular weight is 265 g/mol. The number of sulfone groups is 1. The second-order valence-electron chi connectivity index (χ2n) is 4.89. The summed E-state index contributed by atoms with van der Waals surface area (Å²) in [6, 6.07) is -0.872. The van der Waals surface area contributed by atoms with E-state index in [4.69, 9.17) is 4.74 Å². The SMILES string of the molecule is C[C@@H](NC(=O)CS(C)(=O)=O)C(=O)OC(C)(C)C. The number of amides is 1. The van der Waals surface area contributed by atoms with Crippen LogP contribution in [0, 0.1) is 0 Å². The van der Waals surface area contributed by atoms with Gasteiger partial charge in [-0.2, -0.15) is 0 Å². The van der Waals surface area contributed by atoms with Crippen molar-refractivity contribution in [1.82, 2.24) is 5.32 Å². The van der Waals surface area contributed by atoms with Crippen LogP contribution >= 0.6 is 0 Å². The summed E-state index contributed by atoms with van der Waals surface area (Å²) in [6.45, 7) is 6.55. The fourth-order valence-electron chi connectivity index (χ4n) is 0.970. The molecule has 0 aromatic heterocycles. The van der Waals surface area contributed by atoms with Crippen LogP contribution in [0.2, 0.25) is 0 Å². The van der Waals surface area contributed by atoms with Gasteiger partial charge in [0.1, 0.15) is 17.4 Å². The molecule has 0 saturated heterocycles. The van der Waals surface area contributed by atoms with Gasteiger partial charge < -0.3 is 10.1 Å². The largest absolute Gasteiger partial charge is 0.458 e. The average Bonchev–Trinajstić information content (AvgIpc) is 1.95. The molecule has 0 aliphatic rings. The molecule has 100 valence electrons. The van der Waals surface area contributed by atoms with Crippen LogP contribution in [0.15, 0.2) is 0 Å². The molecule has 6 nitrogen and oxygen atoms in total. The van der Waals surface area contributed by atoms with E-state index in [1.165, 1.54) is 6.92 Å². The van der Waals surface area contributed by atoms with Crippen LogP contribution < -0.4 is 5.32 Å². The molecule has 0 bridgehead atoms. The molecule has 0 unspecified atom stereocenters. The highest BCUT2D eigenvalue weighted by molar-refractivity contribution is 7.91. The molecule has 1 atom stereocenters. The lowest BCUT2D eigenvalue weighted by atomic mass is 10.2. The molecule has 0 aliphatic carbocycles. The number of hydrogen-bond donors (Lipinski definition) is 1. The third kappa shape index (κ3) is 8.67. The fraction of sp³-hybridized carbons (Fsp3) is 0.800. The van der Waals surface area contributed by atoms with Crippen molar-refractivity contribution in [2.24, 2.45) is 0 Å². The van der Waals surface area contributed by atoms with E-state index in [9.17, 15) is 18.0 Å². The molecular weight excluding hydrogens is 246 g/mol. The lowest BCUT2D eigenvalue weighted by Gasteiger charge is -2.22. The van der Waals surface area contributed by atoms with Crippen molar-refractivity contribution in [2.45, 2.75) is 39.3 Å². The number of esters is 1. The van der Waals surface area contributed by atoms with E-state index < -0.39 is 39.1 Å². The Balaban J connectivity index is 4.31. The van der Waals surface area contributed by atoms with Crippen molar-refractivity contribution in [3.05, 3.63) is 0 Å². The molecule has 1 amide bonds. The predicted octanol–water partition coefficient (Wildman–Crippen LogP) is -0.123. The number of ether oxygens (including phenoxy) is 1. The van der Waals surface area contributed by atoms with E-state index in [-0.39, 0.29) is 0 Å². The van der Waals surface area contributed by atoms with Crippen LogP contribution in [0.4, 0.5) is 0 Å². The smallest absolute Gasteiger partial charge is 0.328 e. The Labute approximate surface area is 102 Å². The molecular formula is C10H19NO5S. The van der Waals surface area contributed by atoms with E-state index in [0.29, 0.717) is 0 Å². The van der Waals surface area contributed by atoms with Gasteiger partial charge >= 0.3 is 5.97 Å². The van der Waals surface area contributed by atoms with Gasteiger partial charge in [0.15, 0.2) is 9.84 Å². The Hall–Kier alpha value is -1.11. The van der Waals surface area contributed by atoms with Crippen LogP contribution in [0.3, 0.4) is 0 Å². The number of nitrogens with one attached hydrogen (secondary N) is 1. The van der Waals surface area contributed by atoms with E-state index in [1.54, 1.807) is 20.8 Å². The van der Waals surface area contributed by atoms with Gasteiger partial charge in [-0.3, -0.25) is 4.79 Å². The first kappa shape index (κ1) is 15.9. The predicted molar refractivity (Wildman–Crippen MR) is 63.2 cm³/mol. The highest BCUT2D eigenvalue weighted by Gasteiger charge is 2.23. The van der Waals surface area contributed by atoms with Crippen LogP contribution in [0.25, 0.3) is 0 Å². The highest BCUT2D eigenvalue weighted by Crippen LogP contribution is 2.08. The minimum atomic E-state index is -3.39. The summed E-state index contributed by atoms with van der Waals surface area (Å²) in [5.74, 6) is -1.95. The van der Waals surface area contributed by atoms with Crippen LogP contribution in [-0.4, -0.2) is 43.9 Å². The normalized spacial score (nSPS) is 13.9. The molecule has 0 spiro atoms. The zero-order chi connectivity index (χ0) is 13.9. The Kier molecular flexibility index (Phi) is 5.12. The van der Waals surface area contributed by atoms with Crippen LogP contribution in [0.5, 0.6) is 0 Å². The van der Waals surface area contributed by atoms with Crippen molar-refractivity contribution in [3.63, 3.8) is 0 Å². The summed E-state index contributed by atoms with van der Waals surface area (Å²) in [6.07, 6.45) is 0.949. The molecule has 17 heavy (non-hydrogen) atoms. The maximum atomic E-state index is 11.5. The summed E-state index contributed by atoms with van der Waals surface area (Å²) < 4.78 is 26.7. The molecule has 0 aromatic rings. The van der Waals surface area contributed by atoms with Gasteiger partial charge in [0, 0.05) is 6.26 Å². The third-order valence-corrected chi connectivity index (χ3v) is 2.32. The Bertz CT molecular complexity index is 393. The monoisotopic (exact) mass is 265 g/mol. The minimum Gasteiger partial charge on any atom is -0.458 e. The van der Waals surface area contributed by atoms with Gasteiger partial charge in [0.2, 0.25) is 5.91 Å². The van der Waals surface area contributed by atoms with E-state index in [1.807, 2.05) is 0 Å². The molecule has 0 heterocycles. The van der Waals surface area contributed by atoms with Crippen molar-refractivity contribution in [1.29, 1.82) is 0 Å².